The highest BCUT2D eigenvalue weighted by Gasteiger charge is 2.16. The molecular weight excluding hydrogens is 352 g/mol. The fourth-order valence-electron chi connectivity index (χ4n) is 2.55. The van der Waals surface area contributed by atoms with Gasteiger partial charge in [-0.3, -0.25) is 9.36 Å². The monoisotopic (exact) mass is 372 g/mol. The third-order valence-corrected chi connectivity index (χ3v) is 5.82. The number of amides is 1. The van der Waals surface area contributed by atoms with Gasteiger partial charge in [0, 0.05) is 4.88 Å². The third kappa shape index (κ3) is 4.11. The fraction of sp³-hybridized carbons (Fsp3) is 0.278. The van der Waals surface area contributed by atoms with E-state index in [-0.39, 0.29) is 11.9 Å². The number of carbonyl (C=O) groups is 1. The van der Waals surface area contributed by atoms with Crippen LogP contribution >= 0.6 is 23.1 Å². The Bertz CT molecular complexity index is 858. The summed E-state index contributed by atoms with van der Waals surface area (Å²) in [4.78, 5) is 13.4. The van der Waals surface area contributed by atoms with Gasteiger partial charge in [0.15, 0.2) is 5.16 Å². The molecular formula is C18H20N4OS2. The van der Waals surface area contributed by atoms with E-state index in [1.807, 2.05) is 54.1 Å². The first-order valence-electron chi connectivity index (χ1n) is 8.00. The lowest BCUT2D eigenvalue weighted by Crippen LogP contribution is -2.27. The number of nitrogens with zero attached hydrogens (tertiary/aromatic N) is 3. The van der Waals surface area contributed by atoms with E-state index < -0.39 is 0 Å². The highest BCUT2D eigenvalue weighted by atomic mass is 32.2. The maximum atomic E-state index is 12.3. The zero-order chi connectivity index (χ0) is 17.8. The Labute approximate surface area is 155 Å². The largest absolute Gasteiger partial charge is 0.348 e. The summed E-state index contributed by atoms with van der Waals surface area (Å²) in [5, 5.41) is 14.2. The molecule has 0 aliphatic carbocycles. The first-order valence-corrected chi connectivity index (χ1v) is 9.86. The number of para-hydroxylation sites is 1. The SMILES string of the molecule is Cc1ccccc1-n1c(C)nnc1SCC(=O)NC(C)c1cccs1. The van der Waals surface area contributed by atoms with Crippen LogP contribution in [0.3, 0.4) is 0 Å². The topological polar surface area (TPSA) is 59.8 Å². The molecule has 0 aliphatic heterocycles. The van der Waals surface area contributed by atoms with Crippen LogP contribution in [0.1, 0.15) is 29.2 Å². The van der Waals surface area contributed by atoms with E-state index in [2.05, 4.69) is 28.5 Å². The van der Waals surface area contributed by atoms with Crippen LogP contribution < -0.4 is 5.32 Å². The molecule has 1 amide bonds. The molecule has 1 unspecified atom stereocenters. The molecule has 1 atom stereocenters. The molecule has 7 heteroatoms. The molecule has 130 valence electrons. The second-order valence-electron chi connectivity index (χ2n) is 5.74. The molecule has 0 fully saturated rings. The van der Waals surface area contributed by atoms with Crippen LogP contribution in [-0.2, 0) is 4.79 Å². The molecule has 0 radical (unpaired) electrons. The van der Waals surface area contributed by atoms with Crippen molar-refractivity contribution in [2.24, 2.45) is 0 Å². The molecule has 0 saturated heterocycles. The number of aromatic nitrogens is 3. The smallest absolute Gasteiger partial charge is 0.230 e. The Balaban J connectivity index is 1.68. The van der Waals surface area contributed by atoms with E-state index >= 15 is 0 Å². The van der Waals surface area contributed by atoms with Crippen LogP contribution in [0.25, 0.3) is 5.69 Å². The summed E-state index contributed by atoms with van der Waals surface area (Å²) in [5.41, 5.74) is 2.18. The summed E-state index contributed by atoms with van der Waals surface area (Å²) in [6, 6.07) is 12.1. The van der Waals surface area contributed by atoms with E-state index in [4.69, 9.17) is 0 Å². The fourth-order valence-corrected chi connectivity index (χ4v) is 4.09. The van der Waals surface area contributed by atoms with Gasteiger partial charge in [-0.05, 0) is 43.8 Å². The predicted octanol–water partition coefficient (Wildman–Crippen LogP) is 3.92. The molecule has 1 N–H and O–H groups in total. The summed E-state index contributed by atoms with van der Waals surface area (Å²) in [6.45, 7) is 5.97. The minimum Gasteiger partial charge on any atom is -0.348 e. The average Bonchev–Trinajstić information content (AvgIpc) is 3.24. The first-order chi connectivity index (χ1) is 12.1. The standard InChI is InChI=1S/C18H20N4OS2/c1-12-7-4-5-8-15(12)22-14(3)20-21-18(22)25-11-17(23)19-13(2)16-9-6-10-24-16/h4-10,13H,11H2,1-3H3,(H,19,23). The lowest BCUT2D eigenvalue weighted by Gasteiger charge is -2.13. The number of carbonyl (C=O) groups excluding carboxylic acids is 1. The Morgan fingerprint density at radius 3 is 2.76 bits per heavy atom. The molecule has 25 heavy (non-hydrogen) atoms. The van der Waals surface area contributed by atoms with Crippen LogP contribution in [0, 0.1) is 13.8 Å². The van der Waals surface area contributed by atoms with Crippen molar-refractivity contribution in [2.45, 2.75) is 32.0 Å². The number of benzene rings is 1. The summed E-state index contributed by atoms with van der Waals surface area (Å²) in [5.74, 6) is 1.10. The van der Waals surface area contributed by atoms with E-state index in [0.29, 0.717) is 5.75 Å². The van der Waals surface area contributed by atoms with Gasteiger partial charge in [0.1, 0.15) is 5.82 Å². The van der Waals surface area contributed by atoms with Gasteiger partial charge in [0.05, 0.1) is 17.5 Å². The quantitative estimate of drug-likeness (QED) is 0.667. The predicted molar refractivity (Wildman–Crippen MR) is 102 cm³/mol. The van der Waals surface area contributed by atoms with Crippen LogP contribution in [0.2, 0.25) is 0 Å². The lowest BCUT2D eigenvalue weighted by molar-refractivity contribution is -0.119. The zero-order valence-corrected chi connectivity index (χ0v) is 16.0. The summed E-state index contributed by atoms with van der Waals surface area (Å²) >= 11 is 3.04. The van der Waals surface area contributed by atoms with Crippen molar-refractivity contribution in [3.8, 4) is 5.69 Å². The molecule has 5 nitrogen and oxygen atoms in total. The second-order valence-corrected chi connectivity index (χ2v) is 7.67. The van der Waals surface area contributed by atoms with Crippen molar-refractivity contribution < 1.29 is 4.79 Å². The van der Waals surface area contributed by atoms with Gasteiger partial charge in [0.2, 0.25) is 5.91 Å². The average molecular weight is 373 g/mol. The second kappa shape index (κ2) is 7.84. The number of nitrogens with one attached hydrogen (secondary N) is 1. The Hall–Kier alpha value is -2.12. The van der Waals surface area contributed by atoms with E-state index in [9.17, 15) is 4.79 Å². The Kier molecular flexibility index (Phi) is 5.55. The molecule has 0 spiro atoms. The van der Waals surface area contributed by atoms with Gasteiger partial charge < -0.3 is 5.32 Å². The van der Waals surface area contributed by atoms with Crippen LogP contribution in [-0.4, -0.2) is 26.4 Å². The number of thioether (sulfide) groups is 1. The minimum atomic E-state index is -0.0112. The highest BCUT2D eigenvalue weighted by Crippen LogP contribution is 2.24. The molecule has 3 aromatic rings. The van der Waals surface area contributed by atoms with Gasteiger partial charge in [-0.25, -0.2) is 0 Å². The van der Waals surface area contributed by atoms with Crippen molar-refractivity contribution in [1.82, 2.24) is 20.1 Å². The summed E-state index contributed by atoms with van der Waals surface area (Å²) in [6.07, 6.45) is 0. The van der Waals surface area contributed by atoms with E-state index in [0.717, 1.165) is 27.1 Å². The van der Waals surface area contributed by atoms with Gasteiger partial charge >= 0.3 is 0 Å². The maximum absolute atomic E-state index is 12.3. The molecule has 0 saturated carbocycles. The molecule has 0 aliphatic rings. The third-order valence-electron chi connectivity index (χ3n) is 3.83. The highest BCUT2D eigenvalue weighted by molar-refractivity contribution is 7.99. The number of hydrogen-bond donors (Lipinski definition) is 1. The summed E-state index contributed by atoms with van der Waals surface area (Å²) in [7, 11) is 0. The van der Waals surface area contributed by atoms with Gasteiger partial charge in [-0.15, -0.1) is 21.5 Å². The normalized spacial score (nSPS) is 12.1. The maximum Gasteiger partial charge on any atom is 0.230 e. The van der Waals surface area contributed by atoms with Gasteiger partial charge in [-0.2, -0.15) is 0 Å². The van der Waals surface area contributed by atoms with Crippen LogP contribution in [0.4, 0.5) is 0 Å². The number of thiophene rings is 1. The van der Waals surface area contributed by atoms with Crippen molar-refractivity contribution in [3.63, 3.8) is 0 Å². The number of rotatable bonds is 6. The lowest BCUT2D eigenvalue weighted by atomic mass is 10.2. The number of hydrogen-bond acceptors (Lipinski definition) is 5. The summed E-state index contributed by atoms with van der Waals surface area (Å²) < 4.78 is 2.00. The van der Waals surface area contributed by atoms with E-state index in [1.165, 1.54) is 11.8 Å². The van der Waals surface area contributed by atoms with Crippen molar-refractivity contribution in [3.05, 3.63) is 58.0 Å². The van der Waals surface area contributed by atoms with Crippen molar-refractivity contribution in [2.75, 3.05) is 5.75 Å². The van der Waals surface area contributed by atoms with Crippen LogP contribution in [0.5, 0.6) is 0 Å². The molecule has 2 heterocycles. The van der Waals surface area contributed by atoms with E-state index in [1.54, 1.807) is 11.3 Å². The van der Waals surface area contributed by atoms with Crippen molar-refractivity contribution >= 4 is 29.0 Å². The Morgan fingerprint density at radius 2 is 2.04 bits per heavy atom. The van der Waals surface area contributed by atoms with Gasteiger partial charge in [-0.1, -0.05) is 36.0 Å². The minimum absolute atomic E-state index is 0.0112. The van der Waals surface area contributed by atoms with Crippen molar-refractivity contribution in [1.29, 1.82) is 0 Å². The number of aryl methyl sites for hydroxylation is 2. The molecule has 2 aromatic heterocycles. The molecule has 0 bridgehead atoms. The molecule has 3 rings (SSSR count). The molecule has 1 aromatic carbocycles. The van der Waals surface area contributed by atoms with Crippen LogP contribution in [0.15, 0.2) is 46.9 Å². The van der Waals surface area contributed by atoms with Gasteiger partial charge in [0.25, 0.3) is 0 Å². The first kappa shape index (κ1) is 17.7. The zero-order valence-electron chi connectivity index (χ0n) is 14.4. The Morgan fingerprint density at radius 1 is 1.24 bits per heavy atom.